The van der Waals surface area contributed by atoms with Crippen molar-refractivity contribution >= 4 is 5.91 Å². The van der Waals surface area contributed by atoms with Crippen molar-refractivity contribution in [3.8, 4) is 0 Å². The fourth-order valence-corrected chi connectivity index (χ4v) is 4.15. The molecule has 3 heterocycles. The molecule has 0 bridgehead atoms. The minimum absolute atomic E-state index is 0.187. The average Bonchev–Trinajstić information content (AvgIpc) is 2.67. The van der Waals surface area contributed by atoms with E-state index in [1.165, 1.54) is 0 Å². The zero-order valence-corrected chi connectivity index (χ0v) is 15.5. The summed E-state index contributed by atoms with van der Waals surface area (Å²) in [5, 5.41) is 10.5. The molecule has 3 rings (SSSR count). The van der Waals surface area contributed by atoms with Gasteiger partial charge in [-0.2, -0.15) is 0 Å². The van der Waals surface area contributed by atoms with E-state index in [2.05, 4.69) is 23.7 Å². The van der Waals surface area contributed by atoms with Crippen LogP contribution in [0.4, 0.5) is 0 Å². The zero-order valence-electron chi connectivity index (χ0n) is 15.5. The van der Waals surface area contributed by atoms with E-state index in [0.717, 1.165) is 57.6 Å². The van der Waals surface area contributed by atoms with Gasteiger partial charge in [0.05, 0.1) is 11.8 Å². The number of aromatic nitrogens is 1. The van der Waals surface area contributed by atoms with E-state index in [4.69, 9.17) is 0 Å². The minimum Gasteiger partial charge on any atom is -0.387 e. The van der Waals surface area contributed by atoms with Crippen molar-refractivity contribution in [3.63, 3.8) is 0 Å². The van der Waals surface area contributed by atoms with Gasteiger partial charge in [0.1, 0.15) is 0 Å². The molecule has 1 aromatic rings. The number of aliphatic hydroxyl groups is 1. The second-order valence-electron chi connectivity index (χ2n) is 7.77. The van der Waals surface area contributed by atoms with Gasteiger partial charge in [-0.3, -0.25) is 9.78 Å². The Kier molecular flexibility index (Phi) is 6.07. The molecule has 1 N–H and O–H groups in total. The van der Waals surface area contributed by atoms with Crippen LogP contribution in [0.25, 0.3) is 0 Å². The summed E-state index contributed by atoms with van der Waals surface area (Å²) in [5.74, 6) is 0.711. The van der Waals surface area contributed by atoms with Gasteiger partial charge in [-0.25, -0.2) is 0 Å². The molecule has 0 unspecified atom stereocenters. The number of carbonyl (C=O) groups is 1. The van der Waals surface area contributed by atoms with Crippen molar-refractivity contribution in [3.05, 3.63) is 30.1 Å². The van der Waals surface area contributed by atoms with Crippen LogP contribution in [0, 0.1) is 11.8 Å². The van der Waals surface area contributed by atoms with Gasteiger partial charge >= 0.3 is 0 Å². The first-order valence-electron chi connectivity index (χ1n) is 9.68. The molecular formula is C20H31N3O2. The minimum atomic E-state index is -0.521. The maximum absolute atomic E-state index is 12.8. The third kappa shape index (κ3) is 4.39. The molecule has 138 valence electrons. The first-order valence-corrected chi connectivity index (χ1v) is 9.68. The van der Waals surface area contributed by atoms with Gasteiger partial charge < -0.3 is 14.9 Å². The molecule has 0 saturated carbocycles. The van der Waals surface area contributed by atoms with Crippen LogP contribution in [0.1, 0.15) is 51.3 Å². The van der Waals surface area contributed by atoms with E-state index < -0.39 is 6.10 Å². The molecule has 1 amide bonds. The Hall–Kier alpha value is -1.46. The Morgan fingerprint density at radius 3 is 2.36 bits per heavy atom. The lowest BCUT2D eigenvalue weighted by molar-refractivity contribution is -0.139. The molecule has 0 spiro atoms. The fourth-order valence-electron chi connectivity index (χ4n) is 4.15. The molecule has 2 fully saturated rings. The molecule has 0 aliphatic carbocycles. The highest BCUT2D eigenvalue weighted by atomic mass is 16.3. The Labute approximate surface area is 151 Å². The largest absolute Gasteiger partial charge is 0.387 e. The van der Waals surface area contributed by atoms with Crippen LogP contribution < -0.4 is 0 Å². The Morgan fingerprint density at radius 2 is 1.80 bits per heavy atom. The number of aliphatic hydroxyl groups excluding tert-OH is 1. The number of likely N-dealkylation sites (tertiary alicyclic amines) is 2. The third-order valence-electron chi connectivity index (χ3n) is 5.90. The van der Waals surface area contributed by atoms with E-state index in [1.54, 1.807) is 6.20 Å². The maximum atomic E-state index is 12.8. The first-order chi connectivity index (χ1) is 12.1. The normalized spacial score (nSPS) is 22.3. The maximum Gasteiger partial charge on any atom is 0.225 e. The van der Waals surface area contributed by atoms with E-state index >= 15 is 0 Å². The fraction of sp³-hybridized carbons (Fsp3) is 0.700. The van der Waals surface area contributed by atoms with Crippen molar-refractivity contribution in [2.75, 3.05) is 26.2 Å². The van der Waals surface area contributed by atoms with Crippen molar-refractivity contribution in [2.45, 2.75) is 51.7 Å². The molecule has 0 radical (unpaired) electrons. The number of carbonyl (C=O) groups excluding carboxylic acids is 1. The van der Waals surface area contributed by atoms with E-state index in [9.17, 15) is 9.90 Å². The SMILES string of the molecule is CC(C)N1CCC(C(=O)N2CCC([C@@H](O)c3ccccn3)CC2)CC1. The number of piperidine rings is 2. The summed E-state index contributed by atoms with van der Waals surface area (Å²) < 4.78 is 0. The summed E-state index contributed by atoms with van der Waals surface area (Å²) in [6, 6.07) is 6.22. The van der Waals surface area contributed by atoms with Crippen molar-refractivity contribution in [1.29, 1.82) is 0 Å². The second-order valence-corrected chi connectivity index (χ2v) is 7.77. The Morgan fingerprint density at radius 1 is 1.12 bits per heavy atom. The van der Waals surface area contributed by atoms with Crippen LogP contribution in [-0.2, 0) is 4.79 Å². The summed E-state index contributed by atoms with van der Waals surface area (Å²) in [4.78, 5) is 21.6. The Balaban J connectivity index is 1.48. The van der Waals surface area contributed by atoms with Crippen molar-refractivity contribution in [1.82, 2.24) is 14.8 Å². The highest BCUT2D eigenvalue weighted by Gasteiger charge is 2.33. The van der Waals surface area contributed by atoms with Crippen molar-refractivity contribution < 1.29 is 9.90 Å². The van der Waals surface area contributed by atoms with Crippen LogP contribution >= 0.6 is 0 Å². The highest BCUT2D eigenvalue weighted by molar-refractivity contribution is 5.79. The summed E-state index contributed by atoms with van der Waals surface area (Å²) in [6.45, 7) is 8.03. The lowest BCUT2D eigenvalue weighted by Crippen LogP contribution is -2.47. The van der Waals surface area contributed by atoms with Crippen LogP contribution in [0.2, 0.25) is 0 Å². The predicted octanol–water partition coefficient (Wildman–Crippen LogP) is 2.47. The van der Waals surface area contributed by atoms with Gasteiger partial charge in [0, 0.05) is 31.2 Å². The van der Waals surface area contributed by atoms with Crippen LogP contribution in [0.5, 0.6) is 0 Å². The molecule has 2 aliphatic heterocycles. The topological polar surface area (TPSA) is 56.7 Å². The molecule has 2 saturated heterocycles. The first kappa shape index (κ1) is 18.3. The zero-order chi connectivity index (χ0) is 17.8. The van der Waals surface area contributed by atoms with E-state index in [1.807, 2.05) is 23.1 Å². The molecule has 1 aromatic heterocycles. The smallest absolute Gasteiger partial charge is 0.225 e. The van der Waals surface area contributed by atoms with Crippen LogP contribution in [0.15, 0.2) is 24.4 Å². The van der Waals surface area contributed by atoms with E-state index in [0.29, 0.717) is 11.9 Å². The van der Waals surface area contributed by atoms with Gasteiger partial charge in [-0.15, -0.1) is 0 Å². The lowest BCUT2D eigenvalue weighted by atomic mass is 9.88. The number of hydrogen-bond donors (Lipinski definition) is 1. The van der Waals surface area contributed by atoms with Crippen molar-refractivity contribution in [2.24, 2.45) is 11.8 Å². The molecule has 5 heteroatoms. The van der Waals surface area contributed by atoms with Gasteiger partial charge in [-0.05, 0) is 70.7 Å². The number of nitrogens with zero attached hydrogens (tertiary/aromatic N) is 3. The summed E-state index contributed by atoms with van der Waals surface area (Å²) >= 11 is 0. The summed E-state index contributed by atoms with van der Waals surface area (Å²) in [7, 11) is 0. The highest BCUT2D eigenvalue weighted by Crippen LogP contribution is 2.31. The molecule has 25 heavy (non-hydrogen) atoms. The monoisotopic (exact) mass is 345 g/mol. The average molecular weight is 345 g/mol. The third-order valence-corrected chi connectivity index (χ3v) is 5.90. The standard InChI is InChI=1S/C20H31N3O2/c1-15(2)22-11-8-17(9-12-22)20(25)23-13-6-16(7-14-23)19(24)18-5-3-4-10-21-18/h3-5,10,15-17,19,24H,6-9,11-14H2,1-2H3/t19-/m1/s1. The summed E-state index contributed by atoms with van der Waals surface area (Å²) in [6.07, 6.45) is 4.87. The van der Waals surface area contributed by atoms with Gasteiger partial charge in [0.2, 0.25) is 5.91 Å². The number of hydrogen-bond acceptors (Lipinski definition) is 4. The molecule has 2 aliphatic rings. The second kappa shape index (κ2) is 8.28. The molecule has 1 atom stereocenters. The number of pyridine rings is 1. The number of rotatable bonds is 4. The van der Waals surface area contributed by atoms with E-state index in [-0.39, 0.29) is 11.8 Å². The van der Waals surface area contributed by atoms with Crippen LogP contribution in [0.3, 0.4) is 0 Å². The lowest BCUT2D eigenvalue weighted by Gasteiger charge is -2.39. The predicted molar refractivity (Wildman–Crippen MR) is 97.9 cm³/mol. The quantitative estimate of drug-likeness (QED) is 0.911. The Bertz CT molecular complexity index is 547. The molecule has 0 aromatic carbocycles. The number of amides is 1. The van der Waals surface area contributed by atoms with Crippen LogP contribution in [-0.4, -0.2) is 58.0 Å². The van der Waals surface area contributed by atoms with Gasteiger partial charge in [0.15, 0.2) is 0 Å². The summed E-state index contributed by atoms with van der Waals surface area (Å²) in [5.41, 5.74) is 0.744. The van der Waals surface area contributed by atoms with Gasteiger partial charge in [-0.1, -0.05) is 6.07 Å². The molecular weight excluding hydrogens is 314 g/mol. The molecule has 5 nitrogen and oxygen atoms in total. The van der Waals surface area contributed by atoms with Gasteiger partial charge in [0.25, 0.3) is 0 Å².